The monoisotopic (exact) mass is 454 g/mol. The van der Waals surface area contributed by atoms with E-state index in [1.165, 1.54) is 16.8 Å². The zero-order chi connectivity index (χ0) is 22.9. The minimum atomic E-state index is 0.145. The van der Waals surface area contributed by atoms with Crippen molar-refractivity contribution in [2.75, 3.05) is 58.0 Å². The van der Waals surface area contributed by atoms with Gasteiger partial charge < -0.3 is 29.2 Å². The lowest BCUT2D eigenvalue weighted by atomic mass is 9.87. The molecule has 0 saturated carbocycles. The number of piperidine rings is 1. The van der Waals surface area contributed by atoms with E-state index in [-0.39, 0.29) is 6.10 Å². The number of anilines is 1. The molecule has 1 N–H and O–H groups in total. The summed E-state index contributed by atoms with van der Waals surface area (Å²) in [6.45, 7) is 8.76. The van der Waals surface area contributed by atoms with Crippen molar-refractivity contribution >= 4 is 5.69 Å². The molecular weight excluding hydrogens is 416 g/mol. The lowest BCUT2D eigenvalue weighted by Crippen LogP contribution is -2.41. The predicted molar refractivity (Wildman–Crippen MR) is 132 cm³/mol. The molecule has 0 radical (unpaired) electrons. The minimum Gasteiger partial charge on any atom is -0.494 e. The molecule has 2 aromatic rings. The third-order valence-corrected chi connectivity index (χ3v) is 6.43. The molecule has 2 unspecified atom stereocenters. The Labute approximate surface area is 198 Å². The molecule has 2 aromatic carbocycles. The molecule has 0 aromatic heterocycles. The maximum absolute atomic E-state index is 6.48. The highest BCUT2D eigenvalue weighted by Gasteiger charge is 2.27. The second kappa shape index (κ2) is 12.3. The van der Waals surface area contributed by atoms with Gasteiger partial charge in [0.05, 0.1) is 31.5 Å². The Balaban J connectivity index is 1.39. The molecule has 6 heteroatoms. The van der Waals surface area contributed by atoms with Crippen LogP contribution in [-0.4, -0.2) is 59.2 Å². The number of rotatable bonds is 11. The lowest BCUT2D eigenvalue weighted by molar-refractivity contribution is 0.0106. The van der Waals surface area contributed by atoms with Crippen LogP contribution in [0.1, 0.15) is 43.2 Å². The van der Waals surface area contributed by atoms with Crippen molar-refractivity contribution in [1.29, 1.82) is 0 Å². The quantitative estimate of drug-likeness (QED) is 0.509. The molecule has 0 amide bonds. The molecule has 33 heavy (non-hydrogen) atoms. The van der Waals surface area contributed by atoms with Crippen molar-refractivity contribution in [3.63, 3.8) is 0 Å². The summed E-state index contributed by atoms with van der Waals surface area (Å²) in [6.07, 6.45) is 3.25. The van der Waals surface area contributed by atoms with E-state index < -0.39 is 0 Å². The summed E-state index contributed by atoms with van der Waals surface area (Å²) >= 11 is 0. The molecule has 0 bridgehead atoms. The lowest BCUT2D eigenvalue weighted by Gasteiger charge is -2.33. The van der Waals surface area contributed by atoms with Crippen molar-refractivity contribution in [3.8, 4) is 11.5 Å². The van der Waals surface area contributed by atoms with Gasteiger partial charge in [-0.15, -0.1) is 0 Å². The van der Waals surface area contributed by atoms with Gasteiger partial charge in [-0.2, -0.15) is 0 Å². The van der Waals surface area contributed by atoms with Crippen LogP contribution in [0.5, 0.6) is 11.5 Å². The summed E-state index contributed by atoms with van der Waals surface area (Å²) < 4.78 is 23.3. The predicted octanol–water partition coefficient (Wildman–Crippen LogP) is 4.37. The summed E-state index contributed by atoms with van der Waals surface area (Å²) in [5.74, 6) is 2.29. The Hall–Kier alpha value is -2.28. The van der Waals surface area contributed by atoms with Gasteiger partial charge in [-0.25, -0.2) is 0 Å². The van der Waals surface area contributed by atoms with E-state index in [1.807, 2.05) is 0 Å². The van der Waals surface area contributed by atoms with E-state index in [9.17, 15) is 0 Å². The van der Waals surface area contributed by atoms with Crippen molar-refractivity contribution in [2.45, 2.75) is 44.8 Å². The third-order valence-electron chi connectivity index (χ3n) is 6.43. The summed E-state index contributed by atoms with van der Waals surface area (Å²) in [4.78, 5) is 2.40. The van der Waals surface area contributed by atoms with Crippen LogP contribution in [0.4, 0.5) is 5.69 Å². The van der Waals surface area contributed by atoms with Gasteiger partial charge in [0, 0.05) is 32.7 Å². The van der Waals surface area contributed by atoms with E-state index in [2.05, 4.69) is 59.6 Å². The van der Waals surface area contributed by atoms with Gasteiger partial charge >= 0.3 is 0 Å². The van der Waals surface area contributed by atoms with E-state index in [1.54, 1.807) is 7.11 Å². The fourth-order valence-electron chi connectivity index (χ4n) is 4.66. The first kappa shape index (κ1) is 23.9. The molecular formula is C27H38N2O4. The van der Waals surface area contributed by atoms with Gasteiger partial charge in [0.1, 0.15) is 18.1 Å². The Morgan fingerprint density at radius 1 is 1.12 bits per heavy atom. The number of hydrogen-bond donors (Lipinski definition) is 1. The van der Waals surface area contributed by atoms with Crippen LogP contribution in [0.25, 0.3) is 0 Å². The largest absolute Gasteiger partial charge is 0.494 e. The molecule has 2 heterocycles. The molecule has 4 rings (SSSR count). The van der Waals surface area contributed by atoms with Crippen molar-refractivity contribution in [3.05, 3.63) is 53.6 Å². The van der Waals surface area contributed by atoms with Crippen molar-refractivity contribution in [2.24, 2.45) is 0 Å². The topological polar surface area (TPSA) is 52.2 Å². The summed E-state index contributed by atoms with van der Waals surface area (Å²) in [5.41, 5.74) is 3.68. The number of methoxy groups -OCH3 is 1. The van der Waals surface area contributed by atoms with E-state index in [4.69, 9.17) is 18.9 Å². The van der Waals surface area contributed by atoms with Crippen LogP contribution in [0.15, 0.2) is 42.5 Å². The number of nitrogens with one attached hydrogen (secondary N) is 1. The Kier molecular flexibility index (Phi) is 8.86. The Morgan fingerprint density at radius 3 is 2.82 bits per heavy atom. The zero-order valence-corrected chi connectivity index (χ0v) is 20.1. The first-order valence-corrected chi connectivity index (χ1v) is 12.3. The molecule has 1 saturated heterocycles. The van der Waals surface area contributed by atoms with E-state index >= 15 is 0 Å². The van der Waals surface area contributed by atoms with Gasteiger partial charge in [0.25, 0.3) is 0 Å². The highest BCUT2D eigenvalue weighted by Crippen LogP contribution is 2.34. The fourth-order valence-corrected chi connectivity index (χ4v) is 4.66. The van der Waals surface area contributed by atoms with Gasteiger partial charge in [0.2, 0.25) is 0 Å². The highest BCUT2D eigenvalue weighted by atomic mass is 16.5. The van der Waals surface area contributed by atoms with Crippen LogP contribution in [0.2, 0.25) is 0 Å². The first-order valence-electron chi connectivity index (χ1n) is 12.3. The standard InChI is InChI=1S/C27H38N2O4/c1-3-15-31-23-8-6-22(7-9-23)24-11-12-28-19-27(24)33-20-21-5-10-26-25(18-21)29(14-17-32-26)13-4-16-30-2/h5-10,18,24,27-28H,3-4,11-17,19-20H2,1-2H3. The SMILES string of the molecule is CCCOc1ccc(C2CCNCC2OCc2ccc3c(c2)N(CCCOC)CCO3)cc1. The Bertz CT molecular complexity index is 858. The molecule has 2 atom stereocenters. The molecule has 2 aliphatic heterocycles. The smallest absolute Gasteiger partial charge is 0.142 e. The van der Waals surface area contributed by atoms with Crippen LogP contribution >= 0.6 is 0 Å². The fraction of sp³-hybridized carbons (Fsp3) is 0.556. The minimum absolute atomic E-state index is 0.145. The maximum atomic E-state index is 6.48. The molecule has 180 valence electrons. The third kappa shape index (κ3) is 6.40. The normalized spacial score (nSPS) is 20.2. The number of nitrogens with zero attached hydrogens (tertiary/aromatic N) is 1. The maximum Gasteiger partial charge on any atom is 0.142 e. The highest BCUT2D eigenvalue weighted by molar-refractivity contribution is 5.61. The molecule has 6 nitrogen and oxygen atoms in total. The number of ether oxygens (including phenoxy) is 4. The van der Waals surface area contributed by atoms with E-state index in [0.717, 1.165) is 76.8 Å². The van der Waals surface area contributed by atoms with Crippen LogP contribution in [0, 0.1) is 0 Å². The Morgan fingerprint density at radius 2 is 2.00 bits per heavy atom. The van der Waals surface area contributed by atoms with Gasteiger partial charge in [-0.3, -0.25) is 0 Å². The average molecular weight is 455 g/mol. The van der Waals surface area contributed by atoms with Crippen molar-refractivity contribution in [1.82, 2.24) is 5.32 Å². The van der Waals surface area contributed by atoms with Gasteiger partial charge in [-0.1, -0.05) is 25.1 Å². The molecule has 1 fully saturated rings. The number of fused-ring (bicyclic) bond motifs is 1. The van der Waals surface area contributed by atoms with Crippen LogP contribution < -0.4 is 19.7 Å². The first-order chi connectivity index (χ1) is 16.3. The zero-order valence-electron chi connectivity index (χ0n) is 20.1. The second-order valence-corrected chi connectivity index (χ2v) is 8.85. The second-order valence-electron chi connectivity index (χ2n) is 8.85. The van der Waals surface area contributed by atoms with Crippen LogP contribution in [-0.2, 0) is 16.1 Å². The summed E-state index contributed by atoms with van der Waals surface area (Å²) in [5, 5.41) is 3.51. The number of benzene rings is 2. The molecule has 0 spiro atoms. The molecule has 0 aliphatic carbocycles. The summed E-state index contributed by atoms with van der Waals surface area (Å²) in [7, 11) is 1.75. The molecule has 2 aliphatic rings. The van der Waals surface area contributed by atoms with Crippen molar-refractivity contribution < 1.29 is 18.9 Å². The number of hydrogen-bond acceptors (Lipinski definition) is 6. The summed E-state index contributed by atoms with van der Waals surface area (Å²) in [6, 6.07) is 15.0. The average Bonchev–Trinajstić information content (AvgIpc) is 2.87. The van der Waals surface area contributed by atoms with E-state index in [0.29, 0.717) is 12.5 Å². The van der Waals surface area contributed by atoms with Crippen LogP contribution in [0.3, 0.4) is 0 Å². The van der Waals surface area contributed by atoms with Gasteiger partial charge in [0.15, 0.2) is 0 Å². The van der Waals surface area contributed by atoms with Gasteiger partial charge in [-0.05, 0) is 61.2 Å².